The standard InChI is InChI=1S/C27H29N3O6/c1-18-6-3-4-7-22(18)30-27(34)29-20-11-9-19(10-12-20)16-25(31)28-21-13-14-23(35-2)24(17-21)36-15-5-8-26(32)33/h3-4,6-7,9-14,17H,5,8,15-16H2,1-2H3,(H,28,31)(H,32,33)(H2,29,30,34). The molecule has 0 aliphatic carbocycles. The number of methoxy groups -OCH3 is 1. The zero-order chi connectivity index (χ0) is 25.9. The Labute approximate surface area is 209 Å². The molecular weight excluding hydrogens is 462 g/mol. The van der Waals surface area contributed by atoms with Crippen molar-refractivity contribution in [3.05, 3.63) is 77.9 Å². The number of carboxylic acid groups (broad SMARTS) is 1. The van der Waals surface area contributed by atoms with E-state index in [9.17, 15) is 14.4 Å². The van der Waals surface area contributed by atoms with Crippen LogP contribution >= 0.6 is 0 Å². The quantitative estimate of drug-likeness (QED) is 0.277. The number of hydrogen-bond acceptors (Lipinski definition) is 5. The summed E-state index contributed by atoms with van der Waals surface area (Å²) >= 11 is 0. The highest BCUT2D eigenvalue weighted by molar-refractivity contribution is 6.00. The van der Waals surface area contributed by atoms with Crippen LogP contribution in [0, 0.1) is 6.92 Å². The van der Waals surface area contributed by atoms with Gasteiger partial charge in [0.15, 0.2) is 11.5 Å². The van der Waals surface area contributed by atoms with E-state index in [-0.39, 0.29) is 31.4 Å². The number of benzene rings is 3. The summed E-state index contributed by atoms with van der Waals surface area (Å²) in [4.78, 5) is 35.5. The fourth-order valence-electron chi connectivity index (χ4n) is 3.37. The Bertz CT molecular complexity index is 1210. The fourth-order valence-corrected chi connectivity index (χ4v) is 3.37. The van der Waals surface area contributed by atoms with Gasteiger partial charge in [-0.3, -0.25) is 9.59 Å². The number of ether oxygens (including phenoxy) is 2. The normalized spacial score (nSPS) is 10.3. The van der Waals surface area contributed by atoms with Gasteiger partial charge in [0, 0.05) is 29.5 Å². The SMILES string of the molecule is COc1ccc(NC(=O)Cc2ccc(NC(=O)Nc3ccccc3C)cc2)cc1OCCCC(=O)O. The first-order valence-electron chi connectivity index (χ1n) is 11.4. The second kappa shape index (κ2) is 12.8. The highest BCUT2D eigenvalue weighted by atomic mass is 16.5. The van der Waals surface area contributed by atoms with E-state index in [1.807, 2.05) is 31.2 Å². The molecule has 0 fully saturated rings. The van der Waals surface area contributed by atoms with Gasteiger partial charge in [0.1, 0.15) is 0 Å². The summed E-state index contributed by atoms with van der Waals surface area (Å²) in [5, 5.41) is 17.1. The molecule has 9 heteroatoms. The van der Waals surface area contributed by atoms with Gasteiger partial charge in [0.05, 0.1) is 20.1 Å². The van der Waals surface area contributed by atoms with Crippen LogP contribution in [0.25, 0.3) is 0 Å². The van der Waals surface area contributed by atoms with Gasteiger partial charge in [-0.2, -0.15) is 0 Å². The highest BCUT2D eigenvalue weighted by Gasteiger charge is 2.10. The minimum Gasteiger partial charge on any atom is -0.493 e. The maximum atomic E-state index is 12.6. The zero-order valence-electron chi connectivity index (χ0n) is 20.2. The lowest BCUT2D eigenvalue weighted by atomic mass is 10.1. The van der Waals surface area contributed by atoms with Gasteiger partial charge < -0.3 is 30.5 Å². The maximum absolute atomic E-state index is 12.6. The molecule has 3 aromatic rings. The van der Waals surface area contributed by atoms with E-state index in [0.717, 1.165) is 16.8 Å². The summed E-state index contributed by atoms with van der Waals surface area (Å²) in [6.45, 7) is 2.13. The molecule has 0 bridgehead atoms. The first kappa shape index (κ1) is 26.1. The molecule has 0 radical (unpaired) electrons. The number of nitrogens with one attached hydrogen (secondary N) is 3. The number of para-hydroxylation sites is 1. The van der Waals surface area contributed by atoms with Crippen molar-refractivity contribution < 1.29 is 29.0 Å². The number of carbonyl (C=O) groups excluding carboxylic acids is 2. The summed E-state index contributed by atoms with van der Waals surface area (Å²) in [5.41, 5.74) is 3.60. The van der Waals surface area contributed by atoms with Crippen molar-refractivity contribution in [2.75, 3.05) is 29.7 Å². The maximum Gasteiger partial charge on any atom is 0.323 e. The molecule has 0 aliphatic heterocycles. The van der Waals surface area contributed by atoms with E-state index < -0.39 is 5.97 Å². The molecule has 0 aromatic heterocycles. The average Bonchev–Trinajstić information content (AvgIpc) is 2.84. The van der Waals surface area contributed by atoms with Gasteiger partial charge >= 0.3 is 12.0 Å². The van der Waals surface area contributed by atoms with E-state index in [2.05, 4.69) is 16.0 Å². The molecule has 9 nitrogen and oxygen atoms in total. The topological polar surface area (TPSA) is 126 Å². The predicted molar refractivity (Wildman–Crippen MR) is 138 cm³/mol. The molecule has 0 atom stereocenters. The Kier molecular flexibility index (Phi) is 9.27. The van der Waals surface area contributed by atoms with Gasteiger partial charge in [-0.25, -0.2) is 4.79 Å². The number of carbonyl (C=O) groups is 3. The first-order chi connectivity index (χ1) is 17.3. The Hall–Kier alpha value is -4.53. The number of amides is 3. The minimum atomic E-state index is -0.888. The summed E-state index contributed by atoms with van der Waals surface area (Å²) in [7, 11) is 1.50. The summed E-state index contributed by atoms with van der Waals surface area (Å²) in [6.07, 6.45) is 0.494. The molecule has 188 valence electrons. The summed E-state index contributed by atoms with van der Waals surface area (Å²) in [6, 6.07) is 19.2. The molecule has 4 N–H and O–H groups in total. The van der Waals surface area contributed by atoms with E-state index in [1.54, 1.807) is 42.5 Å². The molecule has 0 spiro atoms. The lowest BCUT2D eigenvalue weighted by Crippen LogP contribution is -2.20. The molecule has 3 aromatic carbocycles. The minimum absolute atomic E-state index is 0.00439. The number of urea groups is 1. The third kappa shape index (κ3) is 8.05. The third-order valence-corrected chi connectivity index (χ3v) is 5.21. The van der Waals surface area contributed by atoms with Crippen LogP contribution in [0.1, 0.15) is 24.0 Å². The summed E-state index contributed by atoms with van der Waals surface area (Å²) < 4.78 is 10.9. The van der Waals surface area contributed by atoms with E-state index in [4.69, 9.17) is 14.6 Å². The molecule has 0 heterocycles. The zero-order valence-corrected chi connectivity index (χ0v) is 20.2. The van der Waals surface area contributed by atoms with Gasteiger partial charge in [0.2, 0.25) is 5.91 Å². The molecule has 36 heavy (non-hydrogen) atoms. The Morgan fingerprint density at radius 2 is 1.58 bits per heavy atom. The van der Waals surface area contributed by atoms with Crippen molar-refractivity contribution >= 4 is 35.0 Å². The molecule has 3 amide bonds. The second-order valence-electron chi connectivity index (χ2n) is 8.03. The van der Waals surface area contributed by atoms with Crippen LogP contribution in [0.4, 0.5) is 21.9 Å². The molecule has 0 saturated carbocycles. The fraction of sp³-hybridized carbons (Fsp3) is 0.222. The molecule has 0 saturated heterocycles. The van der Waals surface area contributed by atoms with E-state index in [0.29, 0.717) is 29.3 Å². The van der Waals surface area contributed by atoms with Crippen LogP contribution in [0.15, 0.2) is 66.7 Å². The number of aliphatic carboxylic acids is 1. The number of rotatable bonds is 11. The number of hydrogen-bond donors (Lipinski definition) is 4. The van der Waals surface area contributed by atoms with Gasteiger partial charge in [-0.05, 0) is 54.8 Å². The number of aryl methyl sites for hydroxylation is 1. The van der Waals surface area contributed by atoms with Crippen LogP contribution in [-0.2, 0) is 16.0 Å². The molecule has 0 aliphatic rings. The average molecular weight is 492 g/mol. The third-order valence-electron chi connectivity index (χ3n) is 5.21. The number of carboxylic acids is 1. The van der Waals surface area contributed by atoms with E-state index >= 15 is 0 Å². The van der Waals surface area contributed by atoms with Crippen LogP contribution in [0.5, 0.6) is 11.5 Å². The second-order valence-corrected chi connectivity index (χ2v) is 8.03. The van der Waals surface area contributed by atoms with Crippen LogP contribution < -0.4 is 25.4 Å². The van der Waals surface area contributed by atoms with Crippen molar-refractivity contribution in [1.29, 1.82) is 0 Å². The first-order valence-corrected chi connectivity index (χ1v) is 11.4. The van der Waals surface area contributed by atoms with Gasteiger partial charge in [-0.1, -0.05) is 30.3 Å². The smallest absolute Gasteiger partial charge is 0.323 e. The van der Waals surface area contributed by atoms with Gasteiger partial charge in [-0.15, -0.1) is 0 Å². The van der Waals surface area contributed by atoms with Gasteiger partial charge in [0.25, 0.3) is 0 Å². The molecule has 3 rings (SSSR count). The van der Waals surface area contributed by atoms with Crippen LogP contribution in [0.3, 0.4) is 0 Å². The Morgan fingerprint density at radius 3 is 2.28 bits per heavy atom. The summed E-state index contributed by atoms with van der Waals surface area (Å²) in [5.74, 6) is -0.214. The van der Waals surface area contributed by atoms with Crippen molar-refractivity contribution in [3.8, 4) is 11.5 Å². The lowest BCUT2D eigenvalue weighted by molar-refractivity contribution is -0.137. The number of anilines is 3. The van der Waals surface area contributed by atoms with Crippen molar-refractivity contribution in [1.82, 2.24) is 0 Å². The van der Waals surface area contributed by atoms with Crippen molar-refractivity contribution in [3.63, 3.8) is 0 Å². The Morgan fingerprint density at radius 1 is 0.861 bits per heavy atom. The largest absolute Gasteiger partial charge is 0.493 e. The molecular formula is C27H29N3O6. The Balaban J connectivity index is 1.52. The highest BCUT2D eigenvalue weighted by Crippen LogP contribution is 2.30. The van der Waals surface area contributed by atoms with E-state index in [1.165, 1.54) is 7.11 Å². The van der Waals surface area contributed by atoms with Crippen LogP contribution in [-0.4, -0.2) is 36.7 Å². The van der Waals surface area contributed by atoms with Crippen molar-refractivity contribution in [2.45, 2.75) is 26.2 Å². The molecule has 0 unspecified atom stereocenters. The van der Waals surface area contributed by atoms with Crippen LogP contribution in [0.2, 0.25) is 0 Å². The monoisotopic (exact) mass is 491 g/mol. The lowest BCUT2D eigenvalue weighted by Gasteiger charge is -2.13. The van der Waals surface area contributed by atoms with Crippen molar-refractivity contribution in [2.24, 2.45) is 0 Å². The predicted octanol–water partition coefficient (Wildman–Crippen LogP) is 5.07.